The van der Waals surface area contributed by atoms with Crippen molar-refractivity contribution in [1.82, 2.24) is 5.32 Å². The first-order chi connectivity index (χ1) is 7.31. The molecule has 0 aliphatic heterocycles. The van der Waals surface area contributed by atoms with Crippen LogP contribution in [-0.4, -0.2) is 25.7 Å². The predicted octanol–water partition coefficient (Wildman–Crippen LogP) is 2.60. The molecule has 0 rings (SSSR count). The number of hydrogen-bond acceptors (Lipinski definition) is 2. The van der Waals surface area contributed by atoms with Crippen LogP contribution >= 0.6 is 0 Å². The Hall–Kier alpha value is -0.570. The first-order valence-corrected chi connectivity index (χ1v) is 6.16. The van der Waals surface area contributed by atoms with Crippen LogP contribution in [0.1, 0.15) is 47.5 Å². The molecular formula is C13H27NO2. The lowest BCUT2D eigenvalue weighted by molar-refractivity contribution is -0.122. The van der Waals surface area contributed by atoms with E-state index in [4.69, 9.17) is 4.74 Å². The number of ether oxygens (including phenoxy) is 1. The molecule has 0 aromatic heterocycles. The second kappa shape index (κ2) is 7.66. The average molecular weight is 229 g/mol. The molecule has 0 radical (unpaired) electrons. The molecule has 0 aliphatic rings. The molecule has 0 aliphatic carbocycles. The molecule has 0 unspecified atom stereocenters. The van der Waals surface area contributed by atoms with Gasteiger partial charge in [0.05, 0.1) is 6.61 Å². The van der Waals surface area contributed by atoms with Gasteiger partial charge in [-0.3, -0.25) is 4.79 Å². The van der Waals surface area contributed by atoms with E-state index in [1.54, 1.807) is 0 Å². The normalized spacial score (nSPS) is 11.9. The highest BCUT2D eigenvalue weighted by Crippen LogP contribution is 2.17. The van der Waals surface area contributed by atoms with Gasteiger partial charge in [0.1, 0.15) is 0 Å². The molecule has 3 heteroatoms. The van der Waals surface area contributed by atoms with E-state index in [1.165, 1.54) is 0 Å². The number of carbonyl (C=O) groups is 1. The van der Waals surface area contributed by atoms with Crippen LogP contribution in [0, 0.1) is 11.3 Å². The van der Waals surface area contributed by atoms with Crippen LogP contribution in [0.5, 0.6) is 0 Å². The number of carbonyl (C=O) groups excluding carboxylic acids is 1. The summed E-state index contributed by atoms with van der Waals surface area (Å²) in [6, 6.07) is 0. The lowest BCUT2D eigenvalue weighted by Crippen LogP contribution is -2.28. The Morgan fingerprint density at radius 1 is 1.25 bits per heavy atom. The molecule has 0 heterocycles. The highest BCUT2D eigenvalue weighted by atomic mass is 16.5. The Kier molecular flexibility index (Phi) is 7.39. The SMILES string of the molecule is CC(C)CC(=O)NCCOCCC(C)(C)C. The minimum atomic E-state index is 0.120. The summed E-state index contributed by atoms with van der Waals surface area (Å²) in [6.45, 7) is 12.7. The van der Waals surface area contributed by atoms with E-state index in [0.29, 0.717) is 30.9 Å². The minimum Gasteiger partial charge on any atom is -0.380 e. The highest BCUT2D eigenvalue weighted by molar-refractivity contribution is 5.75. The molecule has 0 saturated heterocycles. The number of nitrogens with one attached hydrogen (secondary N) is 1. The van der Waals surface area contributed by atoms with Crippen molar-refractivity contribution < 1.29 is 9.53 Å². The van der Waals surface area contributed by atoms with Crippen molar-refractivity contribution in [3.63, 3.8) is 0 Å². The predicted molar refractivity (Wildman–Crippen MR) is 67.4 cm³/mol. The second-order valence-corrected chi connectivity index (χ2v) is 5.87. The van der Waals surface area contributed by atoms with Gasteiger partial charge in [0.2, 0.25) is 5.91 Å². The van der Waals surface area contributed by atoms with Crippen LogP contribution < -0.4 is 5.32 Å². The lowest BCUT2D eigenvalue weighted by atomic mass is 9.93. The van der Waals surface area contributed by atoms with Crippen LogP contribution in [-0.2, 0) is 9.53 Å². The molecule has 3 nitrogen and oxygen atoms in total. The summed E-state index contributed by atoms with van der Waals surface area (Å²) in [6.07, 6.45) is 1.65. The van der Waals surface area contributed by atoms with E-state index in [0.717, 1.165) is 13.0 Å². The van der Waals surface area contributed by atoms with E-state index in [1.807, 2.05) is 13.8 Å². The highest BCUT2D eigenvalue weighted by Gasteiger charge is 2.09. The molecule has 0 aromatic rings. The van der Waals surface area contributed by atoms with E-state index >= 15 is 0 Å². The Morgan fingerprint density at radius 3 is 2.38 bits per heavy atom. The summed E-state index contributed by atoms with van der Waals surface area (Å²) in [5, 5.41) is 2.85. The monoisotopic (exact) mass is 229 g/mol. The van der Waals surface area contributed by atoms with Crippen molar-refractivity contribution >= 4 is 5.91 Å². The molecule has 0 aromatic carbocycles. The first kappa shape index (κ1) is 15.4. The third kappa shape index (κ3) is 11.5. The smallest absolute Gasteiger partial charge is 0.220 e. The van der Waals surface area contributed by atoms with Crippen LogP contribution in [0.2, 0.25) is 0 Å². The van der Waals surface area contributed by atoms with Gasteiger partial charge in [0.25, 0.3) is 0 Å². The summed E-state index contributed by atoms with van der Waals surface area (Å²) >= 11 is 0. The number of amides is 1. The van der Waals surface area contributed by atoms with Gasteiger partial charge < -0.3 is 10.1 Å². The molecule has 16 heavy (non-hydrogen) atoms. The zero-order chi connectivity index (χ0) is 12.6. The molecule has 0 spiro atoms. The van der Waals surface area contributed by atoms with Gasteiger partial charge >= 0.3 is 0 Å². The minimum absolute atomic E-state index is 0.120. The molecule has 0 atom stereocenters. The maximum absolute atomic E-state index is 11.3. The zero-order valence-electron chi connectivity index (χ0n) is 11.4. The Labute approximate surface area is 99.9 Å². The van der Waals surface area contributed by atoms with Crippen molar-refractivity contribution in [2.24, 2.45) is 11.3 Å². The third-order valence-corrected chi connectivity index (χ3v) is 2.16. The lowest BCUT2D eigenvalue weighted by Gasteiger charge is -2.17. The van der Waals surface area contributed by atoms with Crippen molar-refractivity contribution in [3.8, 4) is 0 Å². The number of hydrogen-bond donors (Lipinski definition) is 1. The van der Waals surface area contributed by atoms with E-state index in [2.05, 4.69) is 26.1 Å². The van der Waals surface area contributed by atoms with Crippen molar-refractivity contribution in [1.29, 1.82) is 0 Å². The van der Waals surface area contributed by atoms with E-state index < -0.39 is 0 Å². The number of rotatable bonds is 7. The molecule has 1 N–H and O–H groups in total. The summed E-state index contributed by atoms with van der Waals surface area (Å²) in [5.74, 6) is 0.538. The third-order valence-electron chi connectivity index (χ3n) is 2.16. The molecule has 0 saturated carbocycles. The fourth-order valence-corrected chi connectivity index (χ4v) is 1.19. The van der Waals surface area contributed by atoms with Gasteiger partial charge in [0, 0.05) is 19.6 Å². The van der Waals surface area contributed by atoms with E-state index in [9.17, 15) is 4.79 Å². The molecule has 0 fully saturated rings. The average Bonchev–Trinajstić information content (AvgIpc) is 2.07. The Morgan fingerprint density at radius 2 is 1.88 bits per heavy atom. The summed E-state index contributed by atoms with van der Waals surface area (Å²) in [4.78, 5) is 11.3. The Bertz CT molecular complexity index is 195. The van der Waals surface area contributed by atoms with Crippen LogP contribution in [0.15, 0.2) is 0 Å². The Balaban J connectivity index is 3.31. The maximum atomic E-state index is 11.3. The first-order valence-electron chi connectivity index (χ1n) is 6.16. The van der Waals surface area contributed by atoms with Gasteiger partial charge in [-0.15, -0.1) is 0 Å². The van der Waals surface area contributed by atoms with Crippen molar-refractivity contribution in [3.05, 3.63) is 0 Å². The van der Waals surface area contributed by atoms with Gasteiger partial charge in [-0.2, -0.15) is 0 Å². The van der Waals surface area contributed by atoms with Gasteiger partial charge in [-0.25, -0.2) is 0 Å². The molecule has 1 amide bonds. The van der Waals surface area contributed by atoms with Crippen molar-refractivity contribution in [2.45, 2.75) is 47.5 Å². The fourth-order valence-electron chi connectivity index (χ4n) is 1.19. The summed E-state index contributed by atoms with van der Waals surface area (Å²) in [7, 11) is 0. The molecular weight excluding hydrogens is 202 g/mol. The largest absolute Gasteiger partial charge is 0.380 e. The van der Waals surface area contributed by atoms with Crippen LogP contribution in [0.4, 0.5) is 0 Å². The van der Waals surface area contributed by atoms with Crippen LogP contribution in [0.25, 0.3) is 0 Å². The second-order valence-electron chi connectivity index (χ2n) is 5.87. The fraction of sp³-hybridized carbons (Fsp3) is 0.923. The summed E-state index contributed by atoms with van der Waals surface area (Å²) in [5.41, 5.74) is 0.320. The zero-order valence-corrected chi connectivity index (χ0v) is 11.4. The molecule has 0 bridgehead atoms. The summed E-state index contributed by atoms with van der Waals surface area (Å²) < 4.78 is 5.45. The van der Waals surface area contributed by atoms with E-state index in [-0.39, 0.29) is 5.91 Å². The van der Waals surface area contributed by atoms with Gasteiger partial charge in [-0.05, 0) is 17.8 Å². The quantitative estimate of drug-likeness (QED) is 0.681. The standard InChI is InChI=1S/C13H27NO2/c1-11(2)10-12(15)14-7-9-16-8-6-13(3,4)5/h11H,6-10H2,1-5H3,(H,14,15). The van der Waals surface area contributed by atoms with Gasteiger partial charge in [-0.1, -0.05) is 34.6 Å². The van der Waals surface area contributed by atoms with Crippen LogP contribution in [0.3, 0.4) is 0 Å². The van der Waals surface area contributed by atoms with Crippen molar-refractivity contribution in [2.75, 3.05) is 19.8 Å². The van der Waals surface area contributed by atoms with Gasteiger partial charge in [0.15, 0.2) is 0 Å². The maximum Gasteiger partial charge on any atom is 0.220 e. The topological polar surface area (TPSA) is 38.3 Å². The molecule has 96 valence electrons.